The minimum atomic E-state index is -0.0791. The molecule has 23 heavy (non-hydrogen) atoms. The van der Waals surface area contributed by atoms with Gasteiger partial charge in [-0.15, -0.1) is 0 Å². The van der Waals surface area contributed by atoms with Crippen LogP contribution in [0.2, 0.25) is 0 Å². The van der Waals surface area contributed by atoms with E-state index < -0.39 is 0 Å². The van der Waals surface area contributed by atoms with E-state index in [-0.39, 0.29) is 18.4 Å². The van der Waals surface area contributed by atoms with E-state index in [4.69, 9.17) is 0 Å². The van der Waals surface area contributed by atoms with Gasteiger partial charge in [-0.3, -0.25) is 9.78 Å². The highest BCUT2D eigenvalue weighted by Crippen LogP contribution is 2.18. The predicted octanol–water partition coefficient (Wildman–Crippen LogP) is 2.99. The Morgan fingerprint density at radius 3 is 2.91 bits per heavy atom. The Kier molecular flexibility index (Phi) is 4.10. The number of benzene rings is 1. The summed E-state index contributed by atoms with van der Waals surface area (Å²) in [6.07, 6.45) is 3.72. The zero-order valence-electron chi connectivity index (χ0n) is 13.6. The van der Waals surface area contributed by atoms with Crippen LogP contribution in [-0.4, -0.2) is 20.9 Å². The van der Waals surface area contributed by atoms with E-state index >= 15 is 0 Å². The number of carbonyl (C=O) groups excluding carboxylic acids is 1. The Balaban J connectivity index is 1.72. The summed E-state index contributed by atoms with van der Waals surface area (Å²) in [5.74, 6) is 0.624. The number of nitrogens with one attached hydrogen (secondary N) is 2. The molecule has 2 heterocycles. The lowest BCUT2D eigenvalue weighted by Gasteiger charge is -2.13. The van der Waals surface area contributed by atoms with Crippen LogP contribution in [0, 0.1) is 13.8 Å². The van der Waals surface area contributed by atoms with Gasteiger partial charge in [0.05, 0.1) is 23.5 Å². The third kappa shape index (κ3) is 3.39. The minimum absolute atomic E-state index is 0.0604. The fraction of sp³-hybridized carbons (Fsp3) is 0.278. The second-order valence-corrected chi connectivity index (χ2v) is 5.91. The molecule has 0 radical (unpaired) electrons. The molecule has 1 amide bonds. The second kappa shape index (κ2) is 6.20. The standard InChI is InChI=1S/C18H20N4O/c1-11-7-12(2)18-15(8-11)21-16(22-18)9-17(23)20-13(3)14-5-4-6-19-10-14/h4-8,10,13H,9H2,1-3H3,(H,20,23)(H,21,22). The van der Waals surface area contributed by atoms with Gasteiger partial charge in [0.1, 0.15) is 5.82 Å². The molecule has 118 valence electrons. The van der Waals surface area contributed by atoms with Crippen LogP contribution in [0.3, 0.4) is 0 Å². The lowest BCUT2D eigenvalue weighted by atomic mass is 10.1. The van der Waals surface area contributed by atoms with Crippen LogP contribution in [0.4, 0.5) is 0 Å². The first kappa shape index (κ1) is 15.2. The quantitative estimate of drug-likeness (QED) is 0.778. The average molecular weight is 308 g/mol. The Labute approximate surface area is 135 Å². The minimum Gasteiger partial charge on any atom is -0.349 e. The lowest BCUT2D eigenvalue weighted by molar-refractivity contribution is -0.121. The zero-order chi connectivity index (χ0) is 16.4. The first-order valence-electron chi connectivity index (χ1n) is 7.68. The maximum absolute atomic E-state index is 12.2. The summed E-state index contributed by atoms with van der Waals surface area (Å²) < 4.78 is 0. The van der Waals surface area contributed by atoms with Gasteiger partial charge in [0.15, 0.2) is 0 Å². The highest BCUT2D eigenvalue weighted by atomic mass is 16.1. The van der Waals surface area contributed by atoms with Crippen LogP contribution in [0.5, 0.6) is 0 Å². The number of carbonyl (C=O) groups is 1. The number of hydrogen-bond donors (Lipinski definition) is 2. The monoisotopic (exact) mass is 308 g/mol. The Morgan fingerprint density at radius 1 is 1.35 bits per heavy atom. The number of rotatable bonds is 4. The molecule has 5 nitrogen and oxygen atoms in total. The molecular formula is C18H20N4O. The van der Waals surface area contributed by atoms with Crippen molar-refractivity contribution >= 4 is 16.9 Å². The predicted molar refractivity (Wildman–Crippen MR) is 90.1 cm³/mol. The Hall–Kier alpha value is -2.69. The van der Waals surface area contributed by atoms with E-state index in [1.807, 2.05) is 26.0 Å². The van der Waals surface area contributed by atoms with Crippen LogP contribution in [0.1, 0.15) is 35.5 Å². The molecule has 3 aromatic rings. The van der Waals surface area contributed by atoms with Gasteiger partial charge in [-0.25, -0.2) is 4.98 Å². The molecule has 1 aromatic carbocycles. The summed E-state index contributed by atoms with van der Waals surface area (Å²) in [6, 6.07) is 7.88. The van der Waals surface area contributed by atoms with E-state index in [0.717, 1.165) is 22.2 Å². The number of amides is 1. The fourth-order valence-corrected chi connectivity index (χ4v) is 2.77. The maximum atomic E-state index is 12.2. The van der Waals surface area contributed by atoms with Gasteiger partial charge < -0.3 is 10.3 Å². The van der Waals surface area contributed by atoms with Crippen LogP contribution < -0.4 is 5.32 Å². The number of pyridine rings is 1. The fourth-order valence-electron chi connectivity index (χ4n) is 2.77. The molecule has 3 rings (SSSR count). The van der Waals surface area contributed by atoms with Crippen LogP contribution in [0.15, 0.2) is 36.7 Å². The molecule has 0 aliphatic heterocycles. The zero-order valence-corrected chi connectivity index (χ0v) is 13.6. The lowest BCUT2D eigenvalue weighted by Crippen LogP contribution is -2.28. The average Bonchev–Trinajstić information content (AvgIpc) is 2.90. The molecule has 1 unspecified atom stereocenters. The first-order valence-corrected chi connectivity index (χ1v) is 7.68. The highest BCUT2D eigenvalue weighted by molar-refractivity contribution is 5.82. The van der Waals surface area contributed by atoms with Crippen molar-refractivity contribution in [1.82, 2.24) is 20.3 Å². The van der Waals surface area contributed by atoms with Gasteiger partial charge in [-0.2, -0.15) is 0 Å². The molecule has 0 saturated heterocycles. The van der Waals surface area contributed by atoms with Gasteiger partial charge in [-0.1, -0.05) is 12.1 Å². The maximum Gasteiger partial charge on any atom is 0.228 e. The Morgan fingerprint density at radius 2 is 2.17 bits per heavy atom. The molecule has 0 aliphatic carbocycles. The number of H-pyrrole nitrogens is 1. The molecular weight excluding hydrogens is 288 g/mol. The number of hydrogen-bond acceptors (Lipinski definition) is 3. The molecule has 0 bridgehead atoms. The van der Waals surface area contributed by atoms with Crippen molar-refractivity contribution in [3.05, 3.63) is 59.2 Å². The molecule has 0 aliphatic rings. The summed E-state index contributed by atoms with van der Waals surface area (Å²) in [7, 11) is 0. The van der Waals surface area contributed by atoms with Gasteiger partial charge in [0, 0.05) is 12.4 Å². The van der Waals surface area contributed by atoms with Gasteiger partial charge in [0.2, 0.25) is 5.91 Å². The molecule has 2 aromatic heterocycles. The van der Waals surface area contributed by atoms with Crippen molar-refractivity contribution < 1.29 is 4.79 Å². The summed E-state index contributed by atoms with van der Waals surface area (Å²) in [4.78, 5) is 24.1. The third-order valence-electron chi connectivity index (χ3n) is 3.86. The van der Waals surface area contributed by atoms with Crippen molar-refractivity contribution in [2.75, 3.05) is 0 Å². The molecule has 0 fully saturated rings. The summed E-state index contributed by atoms with van der Waals surface area (Å²) in [5, 5.41) is 2.98. The molecule has 1 atom stereocenters. The van der Waals surface area contributed by atoms with E-state index in [0.29, 0.717) is 5.82 Å². The topological polar surface area (TPSA) is 70.7 Å². The van der Waals surface area contributed by atoms with Gasteiger partial charge in [0.25, 0.3) is 0 Å². The van der Waals surface area contributed by atoms with Gasteiger partial charge >= 0.3 is 0 Å². The molecule has 0 saturated carbocycles. The smallest absolute Gasteiger partial charge is 0.228 e. The van der Waals surface area contributed by atoms with Crippen LogP contribution in [0.25, 0.3) is 11.0 Å². The number of aromatic nitrogens is 3. The summed E-state index contributed by atoms with van der Waals surface area (Å²) in [5.41, 5.74) is 5.19. The third-order valence-corrected chi connectivity index (χ3v) is 3.86. The summed E-state index contributed by atoms with van der Waals surface area (Å²) in [6.45, 7) is 6.03. The molecule has 0 spiro atoms. The largest absolute Gasteiger partial charge is 0.349 e. The summed E-state index contributed by atoms with van der Waals surface area (Å²) >= 11 is 0. The number of nitrogens with zero attached hydrogens (tertiary/aromatic N) is 2. The van der Waals surface area contributed by atoms with Crippen LogP contribution >= 0.6 is 0 Å². The first-order chi connectivity index (χ1) is 11.0. The Bertz CT molecular complexity index is 839. The number of fused-ring (bicyclic) bond motifs is 1. The number of imidazole rings is 1. The van der Waals surface area contributed by atoms with E-state index in [1.54, 1.807) is 12.4 Å². The number of aryl methyl sites for hydroxylation is 2. The van der Waals surface area contributed by atoms with Crippen molar-refractivity contribution in [3.8, 4) is 0 Å². The van der Waals surface area contributed by atoms with Crippen LogP contribution in [-0.2, 0) is 11.2 Å². The van der Waals surface area contributed by atoms with Crippen molar-refractivity contribution in [2.24, 2.45) is 0 Å². The van der Waals surface area contributed by atoms with Gasteiger partial charge in [-0.05, 0) is 49.6 Å². The number of aromatic amines is 1. The van der Waals surface area contributed by atoms with Crippen molar-refractivity contribution in [3.63, 3.8) is 0 Å². The van der Waals surface area contributed by atoms with Crippen molar-refractivity contribution in [1.29, 1.82) is 0 Å². The van der Waals surface area contributed by atoms with E-state index in [1.165, 1.54) is 5.56 Å². The van der Waals surface area contributed by atoms with Crippen molar-refractivity contribution in [2.45, 2.75) is 33.2 Å². The van der Waals surface area contributed by atoms with E-state index in [2.05, 4.69) is 39.3 Å². The highest BCUT2D eigenvalue weighted by Gasteiger charge is 2.13. The molecule has 2 N–H and O–H groups in total. The molecule has 5 heteroatoms. The van der Waals surface area contributed by atoms with E-state index in [9.17, 15) is 4.79 Å². The normalized spacial score (nSPS) is 12.3. The SMILES string of the molecule is Cc1cc(C)c2nc(CC(=O)NC(C)c3cccnc3)[nH]c2c1. The second-order valence-electron chi connectivity index (χ2n) is 5.91.